The summed E-state index contributed by atoms with van der Waals surface area (Å²) >= 11 is 5.94. The van der Waals surface area contributed by atoms with Gasteiger partial charge < -0.3 is 15.0 Å². The van der Waals surface area contributed by atoms with Crippen LogP contribution in [0.4, 0.5) is 17.1 Å². The van der Waals surface area contributed by atoms with Gasteiger partial charge >= 0.3 is 5.97 Å². The zero-order valence-corrected chi connectivity index (χ0v) is 15.8. The number of halogens is 1. The molecule has 150 valence electrons. The molecule has 0 aromatic heterocycles. The van der Waals surface area contributed by atoms with Crippen molar-refractivity contribution in [3.8, 4) is 0 Å². The Labute approximate surface area is 170 Å². The van der Waals surface area contributed by atoms with Crippen LogP contribution < -0.4 is 10.2 Å². The van der Waals surface area contributed by atoms with E-state index in [1.165, 1.54) is 29.2 Å². The molecule has 1 atom stereocenters. The molecule has 3 rings (SSSR count). The zero-order valence-electron chi connectivity index (χ0n) is 15.0. The topological polar surface area (TPSA) is 119 Å². The Balaban J connectivity index is 1.53. The summed E-state index contributed by atoms with van der Waals surface area (Å²) in [7, 11) is 0. The largest absolute Gasteiger partial charge is 0.455 e. The number of non-ortho nitro benzene ring substituents is 1. The number of rotatable bonds is 6. The molecule has 1 fully saturated rings. The van der Waals surface area contributed by atoms with Gasteiger partial charge in [0.05, 0.1) is 10.8 Å². The number of nitro benzene ring substituents is 1. The first-order valence-electron chi connectivity index (χ1n) is 8.60. The van der Waals surface area contributed by atoms with Crippen molar-refractivity contribution in [3.05, 3.63) is 63.7 Å². The summed E-state index contributed by atoms with van der Waals surface area (Å²) in [5.74, 6) is -2.26. The standard InChI is InChI=1S/C19H16ClN3O6/c20-13-3-1-5-15(8-13)22-10-12(7-18(22)25)19(26)29-11-17(24)21-14-4-2-6-16(9-14)23(27)28/h1-6,8-9,12H,7,10-11H2,(H,21,24)/t12-/m1/s1. The van der Waals surface area contributed by atoms with Gasteiger partial charge in [-0.3, -0.25) is 24.5 Å². The third-order valence-electron chi connectivity index (χ3n) is 4.26. The van der Waals surface area contributed by atoms with E-state index in [4.69, 9.17) is 16.3 Å². The van der Waals surface area contributed by atoms with E-state index in [0.29, 0.717) is 10.7 Å². The highest BCUT2D eigenvalue weighted by molar-refractivity contribution is 6.31. The number of carbonyl (C=O) groups excluding carboxylic acids is 3. The van der Waals surface area contributed by atoms with E-state index in [2.05, 4.69) is 5.32 Å². The molecule has 1 heterocycles. The van der Waals surface area contributed by atoms with Crippen molar-refractivity contribution in [2.75, 3.05) is 23.4 Å². The molecule has 0 bridgehead atoms. The van der Waals surface area contributed by atoms with Crippen LogP contribution in [0.1, 0.15) is 6.42 Å². The van der Waals surface area contributed by atoms with Crippen LogP contribution in [0.25, 0.3) is 0 Å². The van der Waals surface area contributed by atoms with Crippen molar-refractivity contribution in [1.29, 1.82) is 0 Å². The number of nitrogens with zero attached hydrogens (tertiary/aromatic N) is 2. The fraction of sp³-hybridized carbons (Fsp3) is 0.211. The SMILES string of the molecule is O=C(COC(=O)[C@@H]1CC(=O)N(c2cccc(Cl)c2)C1)Nc1cccc([N+](=O)[O-])c1. The maximum atomic E-state index is 12.2. The van der Waals surface area contributed by atoms with E-state index in [1.54, 1.807) is 24.3 Å². The van der Waals surface area contributed by atoms with Crippen molar-refractivity contribution >= 4 is 46.4 Å². The molecule has 1 aliphatic rings. The monoisotopic (exact) mass is 417 g/mol. The number of benzene rings is 2. The van der Waals surface area contributed by atoms with Gasteiger partial charge in [-0.1, -0.05) is 23.7 Å². The van der Waals surface area contributed by atoms with Crippen LogP contribution in [0, 0.1) is 16.0 Å². The van der Waals surface area contributed by atoms with Crippen molar-refractivity contribution in [2.45, 2.75) is 6.42 Å². The number of nitrogens with one attached hydrogen (secondary N) is 1. The normalized spacial score (nSPS) is 15.8. The van der Waals surface area contributed by atoms with Gasteiger partial charge in [0.25, 0.3) is 11.6 Å². The summed E-state index contributed by atoms with van der Waals surface area (Å²) in [6.07, 6.45) is -0.0299. The van der Waals surface area contributed by atoms with Crippen LogP contribution >= 0.6 is 11.6 Å². The van der Waals surface area contributed by atoms with Gasteiger partial charge in [0.2, 0.25) is 5.91 Å². The van der Waals surface area contributed by atoms with Gasteiger partial charge in [-0.15, -0.1) is 0 Å². The van der Waals surface area contributed by atoms with Crippen LogP contribution in [0.2, 0.25) is 5.02 Å². The smallest absolute Gasteiger partial charge is 0.311 e. The second-order valence-electron chi connectivity index (χ2n) is 6.35. The minimum atomic E-state index is -0.702. The molecule has 29 heavy (non-hydrogen) atoms. The van der Waals surface area contributed by atoms with Crippen LogP contribution in [0.5, 0.6) is 0 Å². The zero-order chi connectivity index (χ0) is 21.0. The van der Waals surface area contributed by atoms with Crippen molar-refractivity contribution in [1.82, 2.24) is 0 Å². The molecule has 1 aliphatic heterocycles. The second kappa shape index (κ2) is 8.70. The average Bonchev–Trinajstić information content (AvgIpc) is 3.08. The average molecular weight is 418 g/mol. The first-order valence-corrected chi connectivity index (χ1v) is 8.98. The molecule has 0 aliphatic carbocycles. The molecular formula is C19H16ClN3O6. The number of nitro groups is 1. The summed E-state index contributed by atoms with van der Waals surface area (Å²) in [4.78, 5) is 48.0. The van der Waals surface area contributed by atoms with Crippen molar-refractivity contribution < 1.29 is 24.0 Å². The lowest BCUT2D eigenvalue weighted by Gasteiger charge is -2.16. The minimum absolute atomic E-state index is 0.0299. The molecule has 1 saturated heterocycles. The summed E-state index contributed by atoms with van der Waals surface area (Å²) in [5.41, 5.74) is 0.620. The maximum absolute atomic E-state index is 12.2. The Bertz CT molecular complexity index is 980. The molecule has 0 saturated carbocycles. The van der Waals surface area contributed by atoms with E-state index in [1.807, 2.05) is 0 Å². The molecule has 1 N–H and O–H groups in total. The van der Waals surface area contributed by atoms with Gasteiger partial charge in [-0.25, -0.2) is 0 Å². The molecule has 2 aromatic rings. The number of anilines is 2. The maximum Gasteiger partial charge on any atom is 0.311 e. The molecule has 9 nitrogen and oxygen atoms in total. The first-order chi connectivity index (χ1) is 13.8. The van der Waals surface area contributed by atoms with E-state index < -0.39 is 29.3 Å². The van der Waals surface area contributed by atoms with Gasteiger partial charge in [0.15, 0.2) is 6.61 Å². The predicted octanol–water partition coefficient (Wildman–Crippen LogP) is 2.78. The number of esters is 1. The molecule has 2 amide bonds. The Kier molecular flexibility index (Phi) is 6.08. The Morgan fingerprint density at radius 3 is 2.72 bits per heavy atom. The van der Waals surface area contributed by atoms with Crippen LogP contribution in [0.3, 0.4) is 0 Å². The van der Waals surface area contributed by atoms with Gasteiger partial charge in [0, 0.05) is 41.5 Å². The number of amides is 2. The second-order valence-corrected chi connectivity index (χ2v) is 6.79. The quantitative estimate of drug-likeness (QED) is 0.438. The first kappa shape index (κ1) is 20.3. The Hall–Kier alpha value is -3.46. The predicted molar refractivity (Wildman–Crippen MR) is 105 cm³/mol. The highest BCUT2D eigenvalue weighted by atomic mass is 35.5. The number of hydrogen-bond donors (Lipinski definition) is 1. The molecule has 10 heteroatoms. The fourth-order valence-electron chi connectivity index (χ4n) is 2.91. The van der Waals surface area contributed by atoms with E-state index in [9.17, 15) is 24.5 Å². The van der Waals surface area contributed by atoms with E-state index in [-0.39, 0.29) is 30.2 Å². The lowest BCUT2D eigenvalue weighted by molar-refractivity contribution is -0.384. The van der Waals surface area contributed by atoms with Crippen LogP contribution in [0.15, 0.2) is 48.5 Å². The van der Waals surface area contributed by atoms with Crippen molar-refractivity contribution in [2.24, 2.45) is 5.92 Å². The number of carbonyl (C=O) groups is 3. The summed E-state index contributed by atoms with van der Waals surface area (Å²) < 4.78 is 5.00. The lowest BCUT2D eigenvalue weighted by atomic mass is 10.1. The van der Waals surface area contributed by atoms with E-state index in [0.717, 1.165) is 0 Å². The fourth-order valence-corrected chi connectivity index (χ4v) is 3.09. The molecule has 2 aromatic carbocycles. The van der Waals surface area contributed by atoms with Crippen LogP contribution in [-0.2, 0) is 19.1 Å². The van der Waals surface area contributed by atoms with Gasteiger partial charge in [0.1, 0.15) is 0 Å². The number of ether oxygens (including phenoxy) is 1. The third kappa shape index (κ3) is 5.08. The van der Waals surface area contributed by atoms with Crippen LogP contribution in [-0.4, -0.2) is 35.9 Å². The highest BCUT2D eigenvalue weighted by Crippen LogP contribution is 2.27. The number of hydrogen-bond acceptors (Lipinski definition) is 6. The highest BCUT2D eigenvalue weighted by Gasteiger charge is 2.36. The van der Waals surface area contributed by atoms with Crippen molar-refractivity contribution in [3.63, 3.8) is 0 Å². The molecule has 0 radical (unpaired) electrons. The molecule has 0 unspecified atom stereocenters. The minimum Gasteiger partial charge on any atom is -0.455 e. The van der Waals surface area contributed by atoms with Gasteiger partial charge in [-0.05, 0) is 24.3 Å². The summed E-state index contributed by atoms with van der Waals surface area (Å²) in [5, 5.41) is 13.7. The Morgan fingerprint density at radius 1 is 1.24 bits per heavy atom. The molecule has 0 spiro atoms. The van der Waals surface area contributed by atoms with Gasteiger partial charge in [-0.2, -0.15) is 0 Å². The lowest BCUT2D eigenvalue weighted by Crippen LogP contribution is -2.28. The molecular weight excluding hydrogens is 402 g/mol. The third-order valence-corrected chi connectivity index (χ3v) is 4.50. The summed E-state index contributed by atoms with van der Waals surface area (Å²) in [6, 6.07) is 12.1. The van der Waals surface area contributed by atoms with E-state index >= 15 is 0 Å². The Morgan fingerprint density at radius 2 is 2.00 bits per heavy atom. The summed E-state index contributed by atoms with van der Waals surface area (Å²) in [6.45, 7) is -0.437.